The van der Waals surface area contributed by atoms with Gasteiger partial charge in [-0.1, -0.05) is 32.9 Å². The Morgan fingerprint density at radius 3 is 2.25 bits per heavy atom. The molecule has 1 aromatic carbocycles. The van der Waals surface area contributed by atoms with Crippen molar-refractivity contribution in [1.29, 1.82) is 0 Å². The van der Waals surface area contributed by atoms with E-state index in [4.69, 9.17) is 0 Å². The van der Waals surface area contributed by atoms with Crippen molar-refractivity contribution in [2.24, 2.45) is 0 Å². The number of aryl methyl sites for hydroxylation is 1. The Bertz CT molecular complexity index is 373. The fraction of sp³-hybridized carbons (Fsp3) is 0.571. The summed E-state index contributed by atoms with van der Waals surface area (Å²) in [4.78, 5) is 0. The van der Waals surface area contributed by atoms with E-state index in [1.54, 1.807) is 6.92 Å². The fourth-order valence-corrected chi connectivity index (χ4v) is 1.90. The van der Waals surface area contributed by atoms with E-state index in [0.717, 1.165) is 16.7 Å². The molecule has 2 heteroatoms. The first-order chi connectivity index (χ1) is 7.23. The van der Waals surface area contributed by atoms with Gasteiger partial charge in [-0.15, -0.1) is 0 Å². The van der Waals surface area contributed by atoms with Crippen molar-refractivity contribution >= 4 is 0 Å². The average molecular weight is 222 g/mol. The van der Waals surface area contributed by atoms with E-state index in [1.807, 2.05) is 19.1 Å². The Hall–Kier alpha value is -1.02. The fourth-order valence-electron chi connectivity index (χ4n) is 1.90. The molecule has 16 heavy (non-hydrogen) atoms. The highest BCUT2D eigenvalue weighted by Crippen LogP contribution is 2.35. The molecule has 0 fully saturated rings. The molecule has 0 aliphatic carbocycles. The summed E-state index contributed by atoms with van der Waals surface area (Å²) in [6.45, 7) is 9.92. The third kappa shape index (κ3) is 2.76. The second-order valence-electron chi connectivity index (χ2n) is 5.56. The summed E-state index contributed by atoms with van der Waals surface area (Å²) < 4.78 is 0. The monoisotopic (exact) mass is 222 g/mol. The largest absolute Gasteiger partial charge is 0.507 e. The molecule has 0 bridgehead atoms. The van der Waals surface area contributed by atoms with Crippen molar-refractivity contribution in [2.75, 3.05) is 0 Å². The Kier molecular flexibility index (Phi) is 3.64. The van der Waals surface area contributed by atoms with Gasteiger partial charge in [-0.25, -0.2) is 0 Å². The molecule has 2 N–H and O–H groups in total. The minimum Gasteiger partial charge on any atom is -0.507 e. The van der Waals surface area contributed by atoms with Crippen molar-refractivity contribution < 1.29 is 10.2 Å². The Balaban J connectivity index is 3.27. The van der Waals surface area contributed by atoms with E-state index in [2.05, 4.69) is 20.8 Å². The second-order valence-corrected chi connectivity index (χ2v) is 5.56. The number of rotatable bonds is 2. The van der Waals surface area contributed by atoms with Crippen LogP contribution < -0.4 is 0 Å². The van der Waals surface area contributed by atoms with E-state index in [1.165, 1.54) is 0 Å². The molecule has 0 aliphatic heterocycles. The van der Waals surface area contributed by atoms with Gasteiger partial charge in [-0.2, -0.15) is 0 Å². The van der Waals surface area contributed by atoms with Gasteiger partial charge in [-0.3, -0.25) is 0 Å². The van der Waals surface area contributed by atoms with Crippen molar-refractivity contribution in [2.45, 2.75) is 52.6 Å². The molecule has 0 radical (unpaired) electrons. The lowest BCUT2D eigenvalue weighted by molar-refractivity contribution is 0.194. The highest BCUT2D eigenvalue weighted by atomic mass is 16.3. The second kappa shape index (κ2) is 4.46. The van der Waals surface area contributed by atoms with Gasteiger partial charge in [0.15, 0.2) is 0 Å². The predicted molar refractivity (Wildman–Crippen MR) is 66.9 cm³/mol. The number of aromatic hydroxyl groups is 1. The van der Waals surface area contributed by atoms with E-state index in [9.17, 15) is 10.2 Å². The van der Waals surface area contributed by atoms with Gasteiger partial charge in [0.25, 0.3) is 0 Å². The maximum absolute atomic E-state index is 10.2. The first-order valence-corrected chi connectivity index (χ1v) is 5.73. The quantitative estimate of drug-likeness (QED) is 0.807. The molecule has 0 amide bonds. The van der Waals surface area contributed by atoms with Crippen LogP contribution in [0.1, 0.15) is 44.4 Å². The number of hydrogen-bond acceptors (Lipinski definition) is 2. The van der Waals surface area contributed by atoms with Crippen LogP contribution >= 0.6 is 0 Å². The lowest BCUT2D eigenvalue weighted by Gasteiger charge is -2.23. The molecule has 1 rings (SSSR count). The molecule has 0 aromatic heterocycles. The molecule has 0 aliphatic rings. The number of hydrogen-bond donors (Lipinski definition) is 2. The molecule has 1 atom stereocenters. The van der Waals surface area contributed by atoms with Crippen molar-refractivity contribution in [1.82, 2.24) is 0 Å². The van der Waals surface area contributed by atoms with Gasteiger partial charge >= 0.3 is 0 Å². The van der Waals surface area contributed by atoms with Gasteiger partial charge in [0.1, 0.15) is 5.75 Å². The van der Waals surface area contributed by atoms with Crippen LogP contribution in [0.2, 0.25) is 0 Å². The average Bonchev–Trinajstić information content (AvgIpc) is 2.09. The van der Waals surface area contributed by atoms with Gasteiger partial charge in [0, 0.05) is 6.42 Å². The topological polar surface area (TPSA) is 40.5 Å². The number of aliphatic hydroxyl groups is 1. The lowest BCUT2D eigenvalue weighted by Crippen LogP contribution is -2.14. The van der Waals surface area contributed by atoms with E-state index in [0.29, 0.717) is 12.2 Å². The zero-order valence-corrected chi connectivity index (χ0v) is 10.8. The molecule has 2 nitrogen and oxygen atoms in total. The lowest BCUT2D eigenvalue weighted by atomic mass is 9.83. The summed E-state index contributed by atoms with van der Waals surface area (Å²) >= 11 is 0. The maximum Gasteiger partial charge on any atom is 0.122 e. The minimum atomic E-state index is -0.431. The summed E-state index contributed by atoms with van der Waals surface area (Å²) in [5, 5.41) is 19.7. The summed E-state index contributed by atoms with van der Waals surface area (Å²) in [6.07, 6.45) is 0.0709. The third-order valence-corrected chi connectivity index (χ3v) is 2.82. The Morgan fingerprint density at radius 1 is 1.25 bits per heavy atom. The van der Waals surface area contributed by atoms with Crippen LogP contribution in [0.5, 0.6) is 5.75 Å². The van der Waals surface area contributed by atoms with Crippen molar-refractivity contribution in [3.63, 3.8) is 0 Å². The van der Waals surface area contributed by atoms with Gasteiger partial charge < -0.3 is 10.2 Å². The van der Waals surface area contributed by atoms with Gasteiger partial charge in [0.2, 0.25) is 0 Å². The predicted octanol–water partition coefficient (Wildman–Crippen LogP) is 2.92. The van der Waals surface area contributed by atoms with Gasteiger partial charge in [0.05, 0.1) is 6.10 Å². The molecule has 90 valence electrons. The summed E-state index contributed by atoms with van der Waals surface area (Å²) in [5.41, 5.74) is 2.76. The molecule has 0 saturated carbocycles. The smallest absolute Gasteiger partial charge is 0.122 e. The summed E-state index contributed by atoms with van der Waals surface area (Å²) in [7, 11) is 0. The molecular weight excluding hydrogens is 200 g/mol. The van der Waals surface area contributed by atoms with Gasteiger partial charge in [-0.05, 0) is 36.0 Å². The first-order valence-electron chi connectivity index (χ1n) is 5.73. The van der Waals surface area contributed by atoms with Crippen LogP contribution in [0, 0.1) is 6.92 Å². The molecule has 0 saturated heterocycles. The van der Waals surface area contributed by atoms with E-state index in [-0.39, 0.29) is 5.41 Å². The Morgan fingerprint density at radius 2 is 1.81 bits per heavy atom. The molecule has 1 unspecified atom stereocenters. The number of aliphatic hydroxyl groups excluding tert-OH is 1. The highest BCUT2D eigenvalue weighted by molar-refractivity contribution is 5.48. The van der Waals surface area contributed by atoms with Crippen LogP contribution in [0.4, 0.5) is 0 Å². The van der Waals surface area contributed by atoms with E-state index >= 15 is 0 Å². The molecule has 1 aromatic rings. The normalized spacial score (nSPS) is 13.9. The zero-order valence-electron chi connectivity index (χ0n) is 10.8. The standard InChI is InChI=1S/C14H22O2/c1-9-6-7-12(14(3,4)5)13(16)11(9)8-10(2)15/h6-7,10,15-16H,8H2,1-5H3. The van der Waals surface area contributed by atoms with Crippen LogP contribution in [-0.4, -0.2) is 16.3 Å². The minimum absolute atomic E-state index is 0.0781. The third-order valence-electron chi connectivity index (χ3n) is 2.82. The summed E-state index contributed by atoms with van der Waals surface area (Å²) in [6, 6.07) is 3.98. The number of benzene rings is 1. The maximum atomic E-state index is 10.2. The van der Waals surface area contributed by atoms with Crippen molar-refractivity contribution in [3.8, 4) is 5.75 Å². The Labute approximate surface area is 97.9 Å². The molecule has 0 heterocycles. The van der Waals surface area contributed by atoms with Crippen LogP contribution in [0.25, 0.3) is 0 Å². The van der Waals surface area contributed by atoms with Crippen LogP contribution in [0.15, 0.2) is 12.1 Å². The zero-order chi connectivity index (χ0) is 12.5. The molecule has 0 spiro atoms. The van der Waals surface area contributed by atoms with Crippen LogP contribution in [0.3, 0.4) is 0 Å². The first kappa shape index (κ1) is 13.0. The number of phenols is 1. The summed E-state index contributed by atoms with van der Waals surface area (Å²) in [5.74, 6) is 0.341. The van der Waals surface area contributed by atoms with Crippen molar-refractivity contribution in [3.05, 3.63) is 28.8 Å². The van der Waals surface area contributed by atoms with E-state index < -0.39 is 6.10 Å². The molecular formula is C14H22O2. The highest BCUT2D eigenvalue weighted by Gasteiger charge is 2.21. The number of phenolic OH excluding ortho intramolecular Hbond substituents is 1. The SMILES string of the molecule is Cc1ccc(C(C)(C)C)c(O)c1CC(C)O. The van der Waals surface area contributed by atoms with Crippen LogP contribution in [-0.2, 0) is 11.8 Å².